The Morgan fingerprint density at radius 1 is 1.29 bits per heavy atom. The Hall–Kier alpha value is -2.07. The van der Waals surface area contributed by atoms with Crippen LogP contribution in [0.15, 0.2) is 59.7 Å². The molecule has 0 aliphatic rings. The van der Waals surface area contributed by atoms with Gasteiger partial charge in [0.15, 0.2) is 0 Å². The summed E-state index contributed by atoms with van der Waals surface area (Å²) in [5, 5.41) is 9.22. The van der Waals surface area contributed by atoms with Crippen molar-refractivity contribution in [2.45, 2.75) is 20.3 Å². The van der Waals surface area contributed by atoms with Crippen molar-refractivity contribution in [1.29, 1.82) is 5.26 Å². The van der Waals surface area contributed by atoms with Gasteiger partial charge in [-0.05, 0) is 30.6 Å². The Morgan fingerprint density at radius 2 is 2.00 bits per heavy atom. The minimum absolute atomic E-state index is 0.705. The lowest BCUT2D eigenvalue weighted by molar-refractivity contribution is 1.20. The van der Waals surface area contributed by atoms with Crippen molar-refractivity contribution in [2.24, 2.45) is 0 Å². The molecule has 86 valence electrons. The fourth-order valence-corrected chi connectivity index (χ4v) is 1.56. The van der Waals surface area contributed by atoms with Crippen LogP contribution in [0, 0.1) is 11.3 Å². The highest BCUT2D eigenvalue weighted by atomic mass is 14.2. The van der Waals surface area contributed by atoms with Crippen molar-refractivity contribution >= 4 is 6.08 Å². The Bertz CT molecular complexity index is 470. The van der Waals surface area contributed by atoms with Crippen molar-refractivity contribution in [3.05, 3.63) is 65.3 Å². The van der Waals surface area contributed by atoms with Gasteiger partial charge < -0.3 is 0 Å². The number of rotatable bonds is 4. The molecule has 1 rings (SSSR count). The van der Waals surface area contributed by atoms with Gasteiger partial charge in [0.25, 0.3) is 0 Å². The molecule has 0 amide bonds. The minimum Gasteiger partial charge on any atom is -0.192 e. The molecule has 1 aromatic rings. The van der Waals surface area contributed by atoms with Gasteiger partial charge in [-0.25, -0.2) is 0 Å². The number of hydrogen-bond acceptors (Lipinski definition) is 1. The monoisotopic (exact) mass is 223 g/mol. The van der Waals surface area contributed by atoms with Crippen molar-refractivity contribution in [2.75, 3.05) is 0 Å². The smallest absolute Gasteiger partial charge is 0.0998 e. The predicted molar refractivity (Wildman–Crippen MR) is 73.2 cm³/mol. The molecule has 0 radical (unpaired) electrons. The van der Waals surface area contributed by atoms with Crippen molar-refractivity contribution in [3.63, 3.8) is 0 Å². The SMILES string of the molecule is C\C=C/C(=C\CC)C(/C#N)=C/c1ccccc1. The first-order chi connectivity index (χ1) is 8.31. The zero-order chi connectivity index (χ0) is 12.5. The Labute approximate surface area is 103 Å². The first-order valence-electron chi connectivity index (χ1n) is 5.82. The topological polar surface area (TPSA) is 23.8 Å². The molecule has 0 aliphatic heterocycles. The Morgan fingerprint density at radius 3 is 2.53 bits per heavy atom. The summed E-state index contributed by atoms with van der Waals surface area (Å²) in [6, 6.07) is 12.2. The number of nitrogens with zero attached hydrogens (tertiary/aromatic N) is 1. The molecule has 0 saturated heterocycles. The van der Waals surface area contributed by atoms with E-state index in [2.05, 4.69) is 19.1 Å². The van der Waals surface area contributed by atoms with Gasteiger partial charge in [-0.15, -0.1) is 0 Å². The van der Waals surface area contributed by atoms with E-state index < -0.39 is 0 Å². The summed E-state index contributed by atoms with van der Waals surface area (Å²) in [5.74, 6) is 0. The van der Waals surface area contributed by atoms with Gasteiger partial charge in [-0.2, -0.15) is 5.26 Å². The number of nitriles is 1. The largest absolute Gasteiger partial charge is 0.192 e. The van der Waals surface area contributed by atoms with Crippen LogP contribution in [0.3, 0.4) is 0 Å². The van der Waals surface area contributed by atoms with Gasteiger partial charge in [0.05, 0.1) is 11.6 Å². The minimum atomic E-state index is 0.705. The number of allylic oxidation sites excluding steroid dienone is 5. The summed E-state index contributed by atoms with van der Waals surface area (Å²) in [6.45, 7) is 4.03. The maximum absolute atomic E-state index is 9.22. The van der Waals surface area contributed by atoms with E-state index >= 15 is 0 Å². The summed E-state index contributed by atoms with van der Waals surface area (Å²) < 4.78 is 0. The second kappa shape index (κ2) is 7.24. The van der Waals surface area contributed by atoms with Crippen molar-refractivity contribution in [1.82, 2.24) is 0 Å². The summed E-state index contributed by atoms with van der Waals surface area (Å²) in [7, 11) is 0. The first kappa shape index (κ1) is 13.0. The summed E-state index contributed by atoms with van der Waals surface area (Å²) in [4.78, 5) is 0. The molecular formula is C16H17N. The highest BCUT2D eigenvalue weighted by molar-refractivity contribution is 5.65. The maximum atomic E-state index is 9.22. The quantitative estimate of drug-likeness (QED) is 0.544. The lowest BCUT2D eigenvalue weighted by atomic mass is 10.0. The molecule has 0 spiro atoms. The lowest BCUT2D eigenvalue weighted by Crippen LogP contribution is -1.84. The van der Waals surface area contributed by atoms with Crippen LogP contribution >= 0.6 is 0 Å². The van der Waals surface area contributed by atoms with Crippen LogP contribution in [0.1, 0.15) is 25.8 Å². The predicted octanol–water partition coefficient (Wildman–Crippen LogP) is 4.51. The molecule has 1 heteroatoms. The molecular weight excluding hydrogens is 206 g/mol. The third kappa shape index (κ3) is 4.12. The van der Waals surface area contributed by atoms with Crippen LogP contribution in [0.5, 0.6) is 0 Å². The van der Waals surface area contributed by atoms with E-state index in [1.807, 2.05) is 55.5 Å². The van der Waals surface area contributed by atoms with E-state index in [9.17, 15) is 5.26 Å². The molecule has 0 saturated carbocycles. The van der Waals surface area contributed by atoms with E-state index in [1.54, 1.807) is 0 Å². The molecule has 0 unspecified atom stereocenters. The van der Waals surface area contributed by atoms with Crippen molar-refractivity contribution < 1.29 is 0 Å². The van der Waals surface area contributed by atoms with Gasteiger partial charge in [0.1, 0.15) is 0 Å². The van der Waals surface area contributed by atoms with Gasteiger partial charge in [-0.1, -0.05) is 55.5 Å². The zero-order valence-corrected chi connectivity index (χ0v) is 10.4. The number of benzene rings is 1. The average molecular weight is 223 g/mol. The average Bonchev–Trinajstić information content (AvgIpc) is 2.37. The van der Waals surface area contributed by atoms with Gasteiger partial charge in [0.2, 0.25) is 0 Å². The van der Waals surface area contributed by atoms with Crippen LogP contribution < -0.4 is 0 Å². The zero-order valence-electron chi connectivity index (χ0n) is 10.4. The molecule has 0 fully saturated rings. The molecule has 17 heavy (non-hydrogen) atoms. The molecule has 0 aromatic heterocycles. The van der Waals surface area contributed by atoms with E-state index in [-0.39, 0.29) is 0 Å². The standard InChI is InChI=1S/C16H17N/c1-3-8-15(9-4-2)16(13-17)12-14-10-6-5-7-11-14/h3,5-12H,4H2,1-2H3/b8-3-,15-9+,16-12+. The van der Waals surface area contributed by atoms with Crippen LogP contribution in [0.4, 0.5) is 0 Å². The molecule has 0 aliphatic carbocycles. The Kier molecular flexibility index (Phi) is 5.54. The van der Waals surface area contributed by atoms with Crippen LogP contribution in [-0.4, -0.2) is 0 Å². The summed E-state index contributed by atoms with van der Waals surface area (Å²) in [6.07, 6.45) is 8.84. The molecule has 1 nitrogen and oxygen atoms in total. The van der Waals surface area contributed by atoms with E-state index in [4.69, 9.17) is 0 Å². The van der Waals surface area contributed by atoms with Crippen LogP contribution in [-0.2, 0) is 0 Å². The third-order valence-electron chi connectivity index (χ3n) is 2.31. The normalized spacial score (nSPS) is 12.8. The van der Waals surface area contributed by atoms with Crippen LogP contribution in [0.2, 0.25) is 0 Å². The fraction of sp³-hybridized carbons (Fsp3) is 0.188. The van der Waals surface area contributed by atoms with Crippen LogP contribution in [0.25, 0.3) is 6.08 Å². The second-order valence-corrected chi connectivity index (χ2v) is 3.65. The summed E-state index contributed by atoms with van der Waals surface area (Å²) in [5.41, 5.74) is 2.74. The number of hydrogen-bond donors (Lipinski definition) is 0. The van der Waals surface area contributed by atoms with E-state index in [0.29, 0.717) is 5.57 Å². The summed E-state index contributed by atoms with van der Waals surface area (Å²) >= 11 is 0. The van der Waals surface area contributed by atoms with Gasteiger partial charge >= 0.3 is 0 Å². The molecule has 0 atom stereocenters. The molecule has 0 N–H and O–H groups in total. The van der Waals surface area contributed by atoms with E-state index in [1.165, 1.54) is 0 Å². The van der Waals surface area contributed by atoms with E-state index in [0.717, 1.165) is 17.6 Å². The fourth-order valence-electron chi connectivity index (χ4n) is 1.56. The molecule has 1 aromatic carbocycles. The second-order valence-electron chi connectivity index (χ2n) is 3.65. The molecule has 0 heterocycles. The highest BCUT2D eigenvalue weighted by Gasteiger charge is 2.00. The van der Waals surface area contributed by atoms with Crippen molar-refractivity contribution in [3.8, 4) is 6.07 Å². The van der Waals surface area contributed by atoms with Gasteiger partial charge in [-0.3, -0.25) is 0 Å². The first-order valence-corrected chi connectivity index (χ1v) is 5.82. The third-order valence-corrected chi connectivity index (χ3v) is 2.31. The lowest BCUT2D eigenvalue weighted by Gasteiger charge is -2.00. The maximum Gasteiger partial charge on any atom is 0.0998 e. The van der Waals surface area contributed by atoms with Gasteiger partial charge in [0, 0.05) is 0 Å². The molecule has 0 bridgehead atoms. The highest BCUT2D eigenvalue weighted by Crippen LogP contribution is 2.16. The Balaban J connectivity index is 3.11.